The fourth-order valence-electron chi connectivity index (χ4n) is 2.66. The fourth-order valence-corrected chi connectivity index (χ4v) is 2.66. The molecular weight excluding hydrogens is 222 g/mol. The lowest BCUT2D eigenvalue weighted by atomic mass is 9.77. The quantitative estimate of drug-likeness (QED) is 0.820. The average Bonchev–Trinajstić information content (AvgIpc) is 2.37. The summed E-state index contributed by atoms with van der Waals surface area (Å²) in [5.41, 5.74) is 8.57. The molecular formula is C16H23NO. The number of benzene rings is 1. The zero-order chi connectivity index (χ0) is 13.0. The highest BCUT2D eigenvalue weighted by atomic mass is 16.5. The SMILES string of the molecule is C=C(C)COc1ccccc1C1(N)CCCCC1. The van der Waals surface area contributed by atoms with Gasteiger partial charge in [0.25, 0.3) is 0 Å². The van der Waals surface area contributed by atoms with E-state index >= 15 is 0 Å². The molecule has 2 rings (SSSR count). The van der Waals surface area contributed by atoms with E-state index in [4.69, 9.17) is 10.5 Å². The van der Waals surface area contributed by atoms with Gasteiger partial charge in [0.2, 0.25) is 0 Å². The molecule has 0 atom stereocenters. The van der Waals surface area contributed by atoms with E-state index in [-0.39, 0.29) is 5.54 Å². The number of nitrogens with two attached hydrogens (primary N) is 1. The molecule has 1 fully saturated rings. The van der Waals surface area contributed by atoms with Crippen LogP contribution in [0.1, 0.15) is 44.6 Å². The summed E-state index contributed by atoms with van der Waals surface area (Å²) in [6.45, 7) is 6.41. The second-order valence-electron chi connectivity index (χ2n) is 5.46. The van der Waals surface area contributed by atoms with E-state index < -0.39 is 0 Å². The average molecular weight is 245 g/mol. The third-order valence-corrected chi connectivity index (χ3v) is 3.64. The lowest BCUT2D eigenvalue weighted by Crippen LogP contribution is -2.39. The molecule has 0 saturated heterocycles. The lowest BCUT2D eigenvalue weighted by molar-refractivity contribution is 0.280. The predicted molar refractivity (Wildman–Crippen MR) is 75.7 cm³/mol. The van der Waals surface area contributed by atoms with Crippen molar-refractivity contribution in [3.05, 3.63) is 42.0 Å². The van der Waals surface area contributed by atoms with E-state index in [0.717, 1.165) is 29.7 Å². The van der Waals surface area contributed by atoms with Crippen molar-refractivity contribution in [2.45, 2.75) is 44.6 Å². The van der Waals surface area contributed by atoms with Gasteiger partial charge in [0.1, 0.15) is 12.4 Å². The summed E-state index contributed by atoms with van der Waals surface area (Å²) in [6.07, 6.45) is 5.84. The fraction of sp³-hybridized carbons (Fsp3) is 0.500. The Hall–Kier alpha value is -1.28. The standard InChI is InChI=1S/C16H23NO/c1-13(2)12-18-15-9-5-4-8-14(15)16(17)10-6-3-7-11-16/h4-5,8-9H,1,3,6-7,10-12,17H2,2H3. The zero-order valence-electron chi connectivity index (χ0n) is 11.2. The first-order valence-electron chi connectivity index (χ1n) is 6.77. The van der Waals surface area contributed by atoms with Crippen molar-refractivity contribution < 1.29 is 4.74 Å². The summed E-state index contributed by atoms with van der Waals surface area (Å²) in [4.78, 5) is 0. The Kier molecular flexibility index (Phi) is 4.07. The third kappa shape index (κ3) is 2.94. The van der Waals surface area contributed by atoms with E-state index in [2.05, 4.69) is 12.6 Å². The third-order valence-electron chi connectivity index (χ3n) is 3.64. The van der Waals surface area contributed by atoms with Gasteiger partial charge in [-0.3, -0.25) is 0 Å². The molecule has 0 unspecified atom stereocenters. The minimum atomic E-state index is -0.204. The van der Waals surface area contributed by atoms with Crippen molar-refractivity contribution in [2.24, 2.45) is 5.73 Å². The van der Waals surface area contributed by atoms with Gasteiger partial charge in [0.05, 0.1) is 0 Å². The number of rotatable bonds is 4. The Labute approximate surface area is 110 Å². The predicted octanol–water partition coefficient (Wildman–Crippen LogP) is 3.76. The van der Waals surface area contributed by atoms with Gasteiger partial charge in [-0.1, -0.05) is 44.0 Å². The molecule has 0 aliphatic heterocycles. The monoisotopic (exact) mass is 245 g/mol. The van der Waals surface area contributed by atoms with Gasteiger partial charge >= 0.3 is 0 Å². The Morgan fingerprint density at radius 3 is 2.61 bits per heavy atom. The smallest absolute Gasteiger partial charge is 0.124 e. The summed E-state index contributed by atoms with van der Waals surface area (Å²) in [5.74, 6) is 0.921. The number of hydrogen-bond acceptors (Lipinski definition) is 2. The second-order valence-corrected chi connectivity index (χ2v) is 5.46. The summed E-state index contributed by atoms with van der Waals surface area (Å²) in [5, 5.41) is 0. The molecule has 0 radical (unpaired) electrons. The van der Waals surface area contributed by atoms with E-state index in [0.29, 0.717) is 6.61 Å². The first-order chi connectivity index (χ1) is 8.62. The van der Waals surface area contributed by atoms with Crippen molar-refractivity contribution in [1.82, 2.24) is 0 Å². The van der Waals surface area contributed by atoms with Crippen LogP contribution in [0.5, 0.6) is 5.75 Å². The number of para-hydroxylation sites is 1. The Morgan fingerprint density at radius 2 is 1.94 bits per heavy atom. The zero-order valence-corrected chi connectivity index (χ0v) is 11.2. The van der Waals surface area contributed by atoms with Crippen LogP contribution in [0.2, 0.25) is 0 Å². The Balaban J connectivity index is 2.23. The molecule has 2 heteroatoms. The van der Waals surface area contributed by atoms with Crippen molar-refractivity contribution in [3.8, 4) is 5.75 Å². The van der Waals surface area contributed by atoms with Gasteiger partial charge < -0.3 is 10.5 Å². The molecule has 0 aromatic heterocycles. The molecule has 18 heavy (non-hydrogen) atoms. The van der Waals surface area contributed by atoms with Crippen LogP contribution in [-0.2, 0) is 5.54 Å². The maximum Gasteiger partial charge on any atom is 0.124 e. The van der Waals surface area contributed by atoms with Crippen molar-refractivity contribution in [1.29, 1.82) is 0 Å². The summed E-state index contributed by atoms with van der Waals surface area (Å²) in [6, 6.07) is 8.18. The van der Waals surface area contributed by atoms with Crippen LogP contribution in [-0.4, -0.2) is 6.61 Å². The molecule has 2 N–H and O–H groups in total. The van der Waals surface area contributed by atoms with Crippen molar-refractivity contribution in [3.63, 3.8) is 0 Å². The van der Waals surface area contributed by atoms with Crippen LogP contribution in [0.4, 0.5) is 0 Å². The van der Waals surface area contributed by atoms with E-state index in [1.807, 2.05) is 25.1 Å². The molecule has 1 aliphatic rings. The van der Waals surface area contributed by atoms with Gasteiger partial charge in [-0.25, -0.2) is 0 Å². The molecule has 0 heterocycles. The van der Waals surface area contributed by atoms with E-state index in [9.17, 15) is 0 Å². The van der Waals surface area contributed by atoms with Gasteiger partial charge in [-0.15, -0.1) is 0 Å². The molecule has 1 aliphatic carbocycles. The van der Waals surface area contributed by atoms with E-state index in [1.165, 1.54) is 19.3 Å². The Bertz CT molecular complexity index is 419. The van der Waals surface area contributed by atoms with Crippen molar-refractivity contribution in [2.75, 3.05) is 6.61 Å². The molecule has 1 aromatic carbocycles. The van der Waals surface area contributed by atoms with Crippen LogP contribution < -0.4 is 10.5 Å². The van der Waals surface area contributed by atoms with Gasteiger partial charge in [0, 0.05) is 11.1 Å². The number of ether oxygens (including phenoxy) is 1. The van der Waals surface area contributed by atoms with Crippen LogP contribution in [0.3, 0.4) is 0 Å². The van der Waals surface area contributed by atoms with Crippen LogP contribution in [0, 0.1) is 0 Å². The van der Waals surface area contributed by atoms with Crippen LogP contribution in [0.15, 0.2) is 36.4 Å². The topological polar surface area (TPSA) is 35.2 Å². The highest BCUT2D eigenvalue weighted by molar-refractivity contribution is 5.39. The summed E-state index contributed by atoms with van der Waals surface area (Å²) < 4.78 is 5.84. The van der Waals surface area contributed by atoms with Gasteiger partial charge in [0.15, 0.2) is 0 Å². The minimum Gasteiger partial charge on any atom is -0.489 e. The highest BCUT2D eigenvalue weighted by Gasteiger charge is 2.31. The van der Waals surface area contributed by atoms with Gasteiger partial charge in [-0.2, -0.15) is 0 Å². The molecule has 1 saturated carbocycles. The van der Waals surface area contributed by atoms with Crippen LogP contribution >= 0.6 is 0 Å². The molecule has 0 spiro atoms. The maximum atomic E-state index is 6.59. The molecule has 0 amide bonds. The molecule has 2 nitrogen and oxygen atoms in total. The highest BCUT2D eigenvalue weighted by Crippen LogP contribution is 2.39. The normalized spacial score (nSPS) is 18.3. The first kappa shape index (κ1) is 13.2. The van der Waals surface area contributed by atoms with Crippen molar-refractivity contribution >= 4 is 0 Å². The Morgan fingerprint density at radius 1 is 1.28 bits per heavy atom. The minimum absolute atomic E-state index is 0.204. The molecule has 1 aromatic rings. The summed E-state index contributed by atoms with van der Waals surface area (Å²) in [7, 11) is 0. The van der Waals surface area contributed by atoms with Crippen LogP contribution in [0.25, 0.3) is 0 Å². The lowest BCUT2D eigenvalue weighted by Gasteiger charge is -2.35. The molecule has 0 bridgehead atoms. The first-order valence-corrected chi connectivity index (χ1v) is 6.77. The van der Waals surface area contributed by atoms with E-state index in [1.54, 1.807) is 0 Å². The number of hydrogen-bond donors (Lipinski definition) is 1. The summed E-state index contributed by atoms with van der Waals surface area (Å²) >= 11 is 0. The second kappa shape index (κ2) is 5.57. The maximum absolute atomic E-state index is 6.59. The van der Waals surface area contributed by atoms with Gasteiger partial charge in [-0.05, 0) is 31.4 Å². The largest absolute Gasteiger partial charge is 0.489 e. The molecule has 98 valence electrons.